The average molecular weight is 546 g/mol. The normalized spacial score (nSPS) is 14.9. The predicted octanol–water partition coefficient (Wildman–Crippen LogP) is 7.30. The number of fused-ring (bicyclic) bond motifs is 1. The van der Waals surface area contributed by atoms with Crippen LogP contribution >= 0.6 is 11.6 Å². The summed E-state index contributed by atoms with van der Waals surface area (Å²) in [6.45, 7) is 3.53. The molecule has 2 aromatic heterocycles. The fourth-order valence-electron chi connectivity index (χ4n) is 4.72. The van der Waals surface area contributed by atoms with E-state index < -0.39 is 5.82 Å². The van der Waals surface area contributed by atoms with E-state index in [1.54, 1.807) is 36.4 Å². The lowest BCUT2D eigenvalue weighted by Crippen LogP contribution is -2.31. The van der Waals surface area contributed by atoms with Crippen molar-refractivity contribution >= 4 is 22.6 Å². The second-order valence-electron chi connectivity index (χ2n) is 9.78. The Morgan fingerprint density at radius 3 is 2.56 bits per heavy atom. The van der Waals surface area contributed by atoms with Crippen molar-refractivity contribution < 1.29 is 18.3 Å². The Morgan fingerprint density at radius 2 is 1.79 bits per heavy atom. The number of ether oxygens (including phenoxy) is 2. The first-order chi connectivity index (χ1) is 18.9. The minimum atomic E-state index is -0.444. The van der Waals surface area contributed by atoms with Gasteiger partial charge in [0.05, 0.1) is 29.4 Å². The number of aromatic nitrogens is 3. The summed E-state index contributed by atoms with van der Waals surface area (Å²) in [4.78, 5) is 9.32. The molecule has 1 aliphatic heterocycles. The van der Waals surface area contributed by atoms with Crippen LogP contribution in [0, 0.1) is 18.6 Å². The van der Waals surface area contributed by atoms with Crippen LogP contribution in [0.3, 0.4) is 0 Å². The molecule has 0 saturated carbocycles. The summed E-state index contributed by atoms with van der Waals surface area (Å²) in [5.74, 6) is 0.341. The molecule has 5 nitrogen and oxygen atoms in total. The van der Waals surface area contributed by atoms with Gasteiger partial charge >= 0.3 is 0 Å². The molecule has 1 aliphatic rings. The van der Waals surface area contributed by atoms with Crippen LogP contribution in [-0.2, 0) is 24.3 Å². The highest BCUT2D eigenvalue weighted by Gasteiger charge is 2.22. The Bertz CT molecular complexity index is 1670. The molecule has 3 aromatic carbocycles. The summed E-state index contributed by atoms with van der Waals surface area (Å²) in [7, 11) is 0. The minimum Gasteiger partial charge on any atom is -0.473 e. The van der Waals surface area contributed by atoms with Crippen LogP contribution in [0.4, 0.5) is 8.78 Å². The molecule has 0 aliphatic carbocycles. The lowest BCUT2D eigenvalue weighted by Gasteiger charge is -2.27. The maximum Gasteiger partial charge on any atom is 0.214 e. The van der Waals surface area contributed by atoms with Gasteiger partial charge in [-0.05, 0) is 60.9 Å². The van der Waals surface area contributed by atoms with E-state index in [-0.39, 0.29) is 18.5 Å². The van der Waals surface area contributed by atoms with Crippen LogP contribution < -0.4 is 4.74 Å². The molecule has 5 aromatic rings. The van der Waals surface area contributed by atoms with Gasteiger partial charge in [0.1, 0.15) is 24.1 Å². The molecule has 1 fully saturated rings. The molecule has 0 radical (unpaired) electrons. The van der Waals surface area contributed by atoms with Gasteiger partial charge in [0.25, 0.3) is 0 Å². The zero-order valence-corrected chi connectivity index (χ0v) is 22.1. The summed E-state index contributed by atoms with van der Waals surface area (Å²) in [6.07, 6.45) is 1.53. The number of hydrogen-bond donors (Lipinski definition) is 0. The Hall–Kier alpha value is -3.81. The fourth-order valence-corrected chi connectivity index (χ4v) is 4.88. The van der Waals surface area contributed by atoms with Crippen LogP contribution in [0.15, 0.2) is 72.8 Å². The van der Waals surface area contributed by atoms with Crippen molar-refractivity contribution in [1.29, 1.82) is 0 Å². The van der Waals surface area contributed by atoms with Crippen LogP contribution in [0.5, 0.6) is 5.88 Å². The number of nitrogens with zero attached hydrogens (tertiary/aromatic N) is 3. The van der Waals surface area contributed by atoms with Crippen molar-refractivity contribution in [3.8, 4) is 17.1 Å². The molecule has 8 heteroatoms. The monoisotopic (exact) mass is 545 g/mol. The summed E-state index contributed by atoms with van der Waals surface area (Å²) in [5, 5.41) is 0.321. The van der Waals surface area contributed by atoms with Gasteiger partial charge in [-0.25, -0.2) is 18.7 Å². The van der Waals surface area contributed by atoms with E-state index in [1.807, 2.05) is 18.2 Å². The summed E-state index contributed by atoms with van der Waals surface area (Å²) < 4.78 is 43.0. The van der Waals surface area contributed by atoms with Crippen LogP contribution in [0.25, 0.3) is 22.3 Å². The van der Waals surface area contributed by atoms with Gasteiger partial charge in [-0.1, -0.05) is 41.9 Å². The van der Waals surface area contributed by atoms with Crippen LogP contribution in [0.1, 0.15) is 28.9 Å². The van der Waals surface area contributed by atoms with Gasteiger partial charge in [0, 0.05) is 35.2 Å². The maximum absolute atomic E-state index is 15.4. The quantitative estimate of drug-likeness (QED) is 0.205. The third kappa shape index (κ3) is 5.51. The Morgan fingerprint density at radius 1 is 0.974 bits per heavy atom. The van der Waals surface area contributed by atoms with Crippen molar-refractivity contribution in [2.45, 2.75) is 39.0 Å². The molecule has 0 spiro atoms. The smallest absolute Gasteiger partial charge is 0.214 e. The Labute approximate surface area is 230 Å². The third-order valence-electron chi connectivity index (χ3n) is 6.97. The maximum atomic E-state index is 15.4. The van der Waals surface area contributed by atoms with Gasteiger partial charge in [-0.15, -0.1) is 0 Å². The van der Waals surface area contributed by atoms with Gasteiger partial charge in [-0.2, -0.15) is 0 Å². The number of halogens is 3. The first-order valence-electron chi connectivity index (χ1n) is 12.8. The highest BCUT2D eigenvalue weighted by molar-refractivity contribution is 6.30. The number of pyridine rings is 1. The lowest BCUT2D eigenvalue weighted by molar-refractivity contribution is -0.0589. The number of imidazole rings is 1. The molecule has 0 N–H and O–H groups in total. The Kier molecular flexibility index (Phi) is 7.02. The Balaban J connectivity index is 1.22. The van der Waals surface area contributed by atoms with E-state index in [0.29, 0.717) is 46.3 Å². The van der Waals surface area contributed by atoms with E-state index in [2.05, 4.69) is 22.5 Å². The van der Waals surface area contributed by atoms with Crippen LogP contribution in [0.2, 0.25) is 5.02 Å². The SMILES string of the molecule is Cc1ccc2nc(Cc3ccc(-c4cccc(OCc5ccc(Cl)cc5F)n4)cc3F)n(CC3CCO3)c2c1. The van der Waals surface area contributed by atoms with E-state index in [9.17, 15) is 4.39 Å². The van der Waals surface area contributed by atoms with Crippen molar-refractivity contribution in [2.24, 2.45) is 0 Å². The number of hydrogen-bond acceptors (Lipinski definition) is 4. The van der Waals surface area contributed by atoms with Gasteiger partial charge < -0.3 is 14.0 Å². The van der Waals surface area contributed by atoms with E-state index >= 15 is 4.39 Å². The molecular weight excluding hydrogens is 520 g/mol. The molecule has 198 valence electrons. The highest BCUT2D eigenvalue weighted by atomic mass is 35.5. The zero-order chi connectivity index (χ0) is 26.9. The third-order valence-corrected chi connectivity index (χ3v) is 7.21. The first-order valence-corrected chi connectivity index (χ1v) is 13.2. The summed E-state index contributed by atoms with van der Waals surface area (Å²) in [6, 6.07) is 20.9. The number of benzene rings is 3. The largest absolute Gasteiger partial charge is 0.473 e. The molecule has 1 saturated heterocycles. The number of rotatable bonds is 8. The standard InChI is InChI=1S/C31H26ClF2N3O2/c1-19-5-10-28-29(13-19)37(17-24-11-12-38-24)30(35-28)15-20-6-7-21(14-25(20)33)27-3-2-4-31(36-27)39-18-22-8-9-23(32)16-26(22)34/h2-10,13-14,16,24H,11-12,15,17-18H2,1H3. The number of aryl methyl sites for hydroxylation is 1. The molecule has 39 heavy (non-hydrogen) atoms. The van der Waals surface area contributed by atoms with E-state index in [4.69, 9.17) is 26.1 Å². The zero-order valence-electron chi connectivity index (χ0n) is 21.3. The second-order valence-corrected chi connectivity index (χ2v) is 10.2. The first kappa shape index (κ1) is 25.5. The molecule has 0 amide bonds. The fraction of sp³-hybridized carbons (Fsp3) is 0.226. The summed E-state index contributed by atoms with van der Waals surface area (Å²) in [5.41, 5.74) is 5.17. The topological polar surface area (TPSA) is 49.2 Å². The van der Waals surface area contributed by atoms with E-state index in [0.717, 1.165) is 35.4 Å². The lowest BCUT2D eigenvalue weighted by atomic mass is 10.1. The molecule has 1 atom stereocenters. The molecule has 6 rings (SSSR count). The molecular formula is C31H26ClF2N3O2. The van der Waals surface area contributed by atoms with Gasteiger partial charge in [0.2, 0.25) is 5.88 Å². The van der Waals surface area contributed by atoms with Crippen molar-refractivity contribution in [1.82, 2.24) is 14.5 Å². The molecule has 0 bridgehead atoms. The minimum absolute atomic E-state index is 0.000817. The second kappa shape index (κ2) is 10.8. The van der Waals surface area contributed by atoms with Crippen molar-refractivity contribution in [3.63, 3.8) is 0 Å². The predicted molar refractivity (Wildman–Crippen MR) is 147 cm³/mol. The summed E-state index contributed by atoms with van der Waals surface area (Å²) >= 11 is 5.82. The average Bonchev–Trinajstić information content (AvgIpc) is 3.23. The van der Waals surface area contributed by atoms with Gasteiger partial charge in [-0.3, -0.25) is 0 Å². The van der Waals surface area contributed by atoms with Crippen LogP contribution in [-0.4, -0.2) is 27.2 Å². The van der Waals surface area contributed by atoms with E-state index in [1.165, 1.54) is 12.1 Å². The molecule has 3 heterocycles. The van der Waals surface area contributed by atoms with Crippen molar-refractivity contribution in [2.75, 3.05) is 6.61 Å². The van der Waals surface area contributed by atoms with Crippen molar-refractivity contribution in [3.05, 3.63) is 112 Å². The molecule has 1 unspecified atom stereocenters. The van der Waals surface area contributed by atoms with Gasteiger partial charge in [0.15, 0.2) is 0 Å². The highest BCUT2D eigenvalue weighted by Crippen LogP contribution is 2.27.